The predicted molar refractivity (Wildman–Crippen MR) is 83.0 cm³/mol. The Morgan fingerprint density at radius 2 is 1.70 bits per heavy atom. The van der Waals surface area contributed by atoms with Crippen molar-refractivity contribution in [2.45, 2.75) is 0 Å². The van der Waals surface area contributed by atoms with Gasteiger partial charge in [-0.3, -0.25) is 14.3 Å². The molecule has 0 aliphatic rings. The number of aromatic nitrogens is 2. The zero-order valence-electron chi connectivity index (χ0n) is 10.5. The minimum absolute atomic E-state index is 0.0978. The zero-order valence-corrected chi connectivity index (χ0v) is 12.1. The molecule has 0 radical (unpaired) electrons. The third-order valence-corrected chi connectivity index (χ3v) is 3.77. The number of benzene rings is 1. The van der Waals surface area contributed by atoms with E-state index >= 15 is 0 Å². The number of para-hydroxylation sites is 1. The van der Waals surface area contributed by atoms with Gasteiger partial charge in [0, 0.05) is 23.6 Å². The summed E-state index contributed by atoms with van der Waals surface area (Å²) in [5, 5.41) is 0. The molecule has 0 spiro atoms. The Kier molecular flexibility index (Phi) is 3.48. The highest BCUT2D eigenvalue weighted by Crippen LogP contribution is 2.23. The van der Waals surface area contributed by atoms with Gasteiger partial charge in [0.1, 0.15) is 0 Å². The van der Waals surface area contributed by atoms with Gasteiger partial charge >= 0.3 is 0 Å². The summed E-state index contributed by atoms with van der Waals surface area (Å²) in [6.45, 7) is 0. The van der Waals surface area contributed by atoms with Crippen molar-refractivity contribution in [3.05, 3.63) is 81.8 Å². The van der Waals surface area contributed by atoms with Crippen molar-refractivity contribution < 1.29 is 0 Å². The predicted octanol–water partition coefficient (Wildman–Crippen LogP) is 3.66. The molecule has 0 aliphatic heterocycles. The molecular weight excluding hydrogens is 316 g/mol. The Balaban J connectivity index is 2.16. The molecule has 4 heteroatoms. The van der Waals surface area contributed by atoms with Crippen LogP contribution in [0.2, 0.25) is 0 Å². The van der Waals surface area contributed by atoms with Crippen LogP contribution in [-0.2, 0) is 0 Å². The third kappa shape index (κ3) is 2.30. The van der Waals surface area contributed by atoms with Crippen LogP contribution < -0.4 is 5.56 Å². The summed E-state index contributed by atoms with van der Waals surface area (Å²) < 4.78 is 2.12. The molecule has 2 heterocycles. The molecule has 0 saturated carbocycles. The molecule has 1 aromatic carbocycles. The van der Waals surface area contributed by atoms with Gasteiger partial charge in [0.05, 0.1) is 10.2 Å². The molecule has 3 nitrogen and oxygen atoms in total. The second-order valence-corrected chi connectivity index (χ2v) is 5.06. The van der Waals surface area contributed by atoms with E-state index in [2.05, 4.69) is 20.9 Å². The van der Waals surface area contributed by atoms with Crippen LogP contribution in [0.4, 0.5) is 0 Å². The van der Waals surface area contributed by atoms with E-state index in [4.69, 9.17) is 0 Å². The van der Waals surface area contributed by atoms with Gasteiger partial charge in [-0.1, -0.05) is 24.3 Å². The van der Waals surface area contributed by atoms with E-state index < -0.39 is 0 Å². The van der Waals surface area contributed by atoms with Crippen LogP contribution >= 0.6 is 15.9 Å². The lowest BCUT2D eigenvalue weighted by Gasteiger charge is -2.09. The van der Waals surface area contributed by atoms with Gasteiger partial charge in [0.25, 0.3) is 5.56 Å². The van der Waals surface area contributed by atoms with Crippen molar-refractivity contribution in [3.63, 3.8) is 0 Å². The number of rotatable bonds is 2. The molecule has 0 saturated heterocycles. The molecule has 3 rings (SSSR count). The second-order valence-electron chi connectivity index (χ2n) is 4.27. The molecule has 0 bridgehead atoms. The molecule has 0 unspecified atom stereocenters. The minimum Gasteiger partial charge on any atom is -0.283 e. The highest BCUT2D eigenvalue weighted by Gasteiger charge is 2.10. The van der Waals surface area contributed by atoms with Gasteiger partial charge in [0.2, 0.25) is 0 Å². The number of hydrogen-bond donors (Lipinski definition) is 0. The molecular formula is C16H11BrN2O. The fourth-order valence-corrected chi connectivity index (χ4v) is 2.55. The van der Waals surface area contributed by atoms with Crippen molar-refractivity contribution >= 4 is 15.9 Å². The first kappa shape index (κ1) is 12.8. The van der Waals surface area contributed by atoms with E-state index in [1.807, 2.05) is 54.6 Å². The standard InChI is InChI=1S/C16H11BrN2O/c17-15-13(14-8-4-5-10-18-14)9-11-19(16(15)20)12-6-2-1-3-7-12/h1-11H. The topological polar surface area (TPSA) is 34.9 Å². The van der Waals surface area contributed by atoms with Crippen molar-refractivity contribution in [2.24, 2.45) is 0 Å². The van der Waals surface area contributed by atoms with Gasteiger partial charge in [-0.25, -0.2) is 0 Å². The van der Waals surface area contributed by atoms with Gasteiger partial charge < -0.3 is 0 Å². The van der Waals surface area contributed by atoms with Crippen LogP contribution in [0, 0.1) is 0 Å². The van der Waals surface area contributed by atoms with Crippen molar-refractivity contribution in [1.82, 2.24) is 9.55 Å². The van der Waals surface area contributed by atoms with Crippen LogP contribution in [-0.4, -0.2) is 9.55 Å². The summed E-state index contributed by atoms with van der Waals surface area (Å²) in [7, 11) is 0. The van der Waals surface area contributed by atoms with Crippen LogP contribution in [0.15, 0.2) is 76.3 Å². The molecule has 0 amide bonds. The Hall–Kier alpha value is -2.20. The molecule has 0 N–H and O–H groups in total. The molecule has 0 aliphatic carbocycles. The zero-order chi connectivity index (χ0) is 13.9. The average Bonchev–Trinajstić information content (AvgIpc) is 2.52. The van der Waals surface area contributed by atoms with E-state index in [0.717, 1.165) is 16.9 Å². The van der Waals surface area contributed by atoms with E-state index in [1.54, 1.807) is 17.0 Å². The Morgan fingerprint density at radius 3 is 2.40 bits per heavy atom. The summed E-state index contributed by atoms with van der Waals surface area (Å²) >= 11 is 3.39. The van der Waals surface area contributed by atoms with Crippen molar-refractivity contribution in [3.8, 4) is 16.9 Å². The van der Waals surface area contributed by atoms with Crippen LogP contribution in [0.3, 0.4) is 0 Å². The Morgan fingerprint density at radius 1 is 0.950 bits per heavy atom. The summed E-state index contributed by atoms with van der Waals surface area (Å²) in [5.41, 5.74) is 2.31. The van der Waals surface area contributed by atoms with E-state index in [-0.39, 0.29) is 5.56 Å². The number of pyridine rings is 2. The number of halogens is 1. The lowest BCUT2D eigenvalue weighted by molar-refractivity contribution is 0.981. The van der Waals surface area contributed by atoms with E-state index in [1.165, 1.54) is 0 Å². The normalized spacial score (nSPS) is 10.4. The number of nitrogens with zero attached hydrogens (tertiary/aromatic N) is 2. The first-order valence-corrected chi connectivity index (χ1v) is 6.94. The van der Waals surface area contributed by atoms with Gasteiger partial charge in [-0.2, -0.15) is 0 Å². The van der Waals surface area contributed by atoms with Crippen molar-refractivity contribution in [2.75, 3.05) is 0 Å². The summed E-state index contributed by atoms with van der Waals surface area (Å²) in [4.78, 5) is 16.7. The summed E-state index contributed by atoms with van der Waals surface area (Å²) in [5.74, 6) is 0. The maximum Gasteiger partial charge on any atom is 0.270 e. The smallest absolute Gasteiger partial charge is 0.270 e. The third-order valence-electron chi connectivity index (χ3n) is 3.01. The lowest BCUT2D eigenvalue weighted by atomic mass is 10.2. The fraction of sp³-hybridized carbons (Fsp3) is 0. The molecule has 20 heavy (non-hydrogen) atoms. The second kappa shape index (κ2) is 5.43. The van der Waals surface area contributed by atoms with Crippen LogP contribution in [0.1, 0.15) is 0 Å². The molecule has 0 fully saturated rings. The summed E-state index contributed by atoms with van der Waals surface area (Å²) in [6.07, 6.45) is 3.48. The van der Waals surface area contributed by atoms with Crippen LogP contribution in [0.25, 0.3) is 16.9 Å². The summed E-state index contributed by atoms with van der Waals surface area (Å²) in [6, 6.07) is 17.0. The van der Waals surface area contributed by atoms with E-state index in [0.29, 0.717) is 4.47 Å². The maximum atomic E-state index is 12.5. The van der Waals surface area contributed by atoms with Crippen molar-refractivity contribution in [1.29, 1.82) is 0 Å². The highest BCUT2D eigenvalue weighted by atomic mass is 79.9. The Labute approximate surface area is 124 Å². The minimum atomic E-state index is -0.0978. The highest BCUT2D eigenvalue weighted by molar-refractivity contribution is 9.10. The number of hydrogen-bond acceptors (Lipinski definition) is 2. The molecule has 0 atom stereocenters. The fourth-order valence-electron chi connectivity index (χ4n) is 2.02. The average molecular weight is 327 g/mol. The first-order chi connectivity index (χ1) is 9.77. The maximum absolute atomic E-state index is 12.5. The van der Waals surface area contributed by atoms with Gasteiger partial charge in [0.15, 0.2) is 0 Å². The van der Waals surface area contributed by atoms with Crippen LogP contribution in [0.5, 0.6) is 0 Å². The lowest BCUT2D eigenvalue weighted by Crippen LogP contribution is -2.18. The Bertz CT molecular complexity index is 783. The van der Waals surface area contributed by atoms with Gasteiger partial charge in [-0.15, -0.1) is 0 Å². The quantitative estimate of drug-likeness (QED) is 0.720. The largest absolute Gasteiger partial charge is 0.283 e. The van der Waals surface area contributed by atoms with E-state index in [9.17, 15) is 4.79 Å². The van der Waals surface area contributed by atoms with Gasteiger partial charge in [-0.05, 0) is 46.3 Å². The monoisotopic (exact) mass is 326 g/mol. The first-order valence-electron chi connectivity index (χ1n) is 6.15. The SMILES string of the molecule is O=c1c(Br)c(-c2ccccn2)ccn1-c1ccccc1. The molecule has 3 aromatic rings. The molecule has 2 aromatic heterocycles. The molecule has 98 valence electrons.